The topological polar surface area (TPSA) is 57.0 Å². The van der Waals surface area contributed by atoms with Crippen LogP contribution in [0.15, 0.2) is 30.6 Å². The fourth-order valence-corrected chi connectivity index (χ4v) is 1.73. The number of hydrogen-bond acceptors (Lipinski definition) is 2. The molecule has 2 rings (SSSR count). The molecule has 0 aliphatic rings. The zero-order valence-corrected chi connectivity index (χ0v) is 8.99. The van der Waals surface area contributed by atoms with Gasteiger partial charge in [0.05, 0.1) is 0 Å². The lowest BCUT2D eigenvalue weighted by Crippen LogP contribution is -1.96. The molecule has 15 heavy (non-hydrogen) atoms. The molecule has 1 aromatic heterocycles. The number of nitrogen functional groups attached to an aromatic ring is 2. The highest BCUT2D eigenvalue weighted by atomic mass is 14.9. The molecule has 1 aromatic carbocycles. The van der Waals surface area contributed by atoms with E-state index in [0.717, 1.165) is 28.1 Å². The molecule has 2 aromatic rings. The first-order valence-electron chi connectivity index (χ1n) is 4.86. The molecule has 0 saturated carbocycles. The van der Waals surface area contributed by atoms with E-state index in [1.54, 1.807) is 0 Å². The summed E-state index contributed by atoms with van der Waals surface area (Å²) < 4.78 is 1.99. The Balaban J connectivity index is 2.62. The van der Waals surface area contributed by atoms with Crippen LogP contribution in [-0.4, -0.2) is 4.57 Å². The van der Waals surface area contributed by atoms with Crippen LogP contribution in [0.4, 0.5) is 11.4 Å². The second-order valence-corrected chi connectivity index (χ2v) is 3.86. The second-order valence-electron chi connectivity index (χ2n) is 3.86. The van der Waals surface area contributed by atoms with Gasteiger partial charge in [-0.15, -0.1) is 0 Å². The normalized spacial score (nSPS) is 10.5. The molecular formula is C12H15N3. The lowest BCUT2D eigenvalue weighted by molar-refractivity contribution is 0.928. The molecule has 0 fully saturated rings. The van der Waals surface area contributed by atoms with E-state index in [0.29, 0.717) is 0 Å². The molecular weight excluding hydrogens is 186 g/mol. The van der Waals surface area contributed by atoms with Crippen molar-refractivity contribution in [3.05, 3.63) is 36.2 Å². The van der Waals surface area contributed by atoms with Gasteiger partial charge in [-0.2, -0.15) is 0 Å². The van der Waals surface area contributed by atoms with Gasteiger partial charge in [0.25, 0.3) is 0 Å². The SMILES string of the molecule is Cc1cc(N)cc(-c2ccn(C)c2)c1N. The van der Waals surface area contributed by atoms with Gasteiger partial charge >= 0.3 is 0 Å². The smallest absolute Gasteiger partial charge is 0.0425 e. The van der Waals surface area contributed by atoms with Crippen LogP contribution in [0.3, 0.4) is 0 Å². The van der Waals surface area contributed by atoms with E-state index in [1.165, 1.54) is 0 Å². The Morgan fingerprint density at radius 2 is 1.93 bits per heavy atom. The molecule has 0 aliphatic carbocycles. The van der Waals surface area contributed by atoms with Crippen molar-refractivity contribution < 1.29 is 0 Å². The third kappa shape index (κ3) is 1.68. The highest BCUT2D eigenvalue weighted by molar-refractivity contribution is 5.81. The monoisotopic (exact) mass is 201 g/mol. The van der Waals surface area contributed by atoms with Crippen molar-refractivity contribution >= 4 is 11.4 Å². The van der Waals surface area contributed by atoms with E-state index in [1.807, 2.05) is 49.1 Å². The standard InChI is InChI=1S/C12H15N3/c1-8-5-10(13)6-11(12(8)14)9-3-4-15(2)7-9/h3-7H,13-14H2,1-2H3. The fraction of sp³-hybridized carbons (Fsp3) is 0.167. The largest absolute Gasteiger partial charge is 0.399 e. The molecule has 0 atom stereocenters. The average Bonchev–Trinajstić information content (AvgIpc) is 2.58. The Morgan fingerprint density at radius 3 is 2.53 bits per heavy atom. The highest BCUT2D eigenvalue weighted by Crippen LogP contribution is 2.30. The van der Waals surface area contributed by atoms with Gasteiger partial charge in [0.15, 0.2) is 0 Å². The van der Waals surface area contributed by atoms with Crippen LogP contribution in [-0.2, 0) is 7.05 Å². The molecule has 0 radical (unpaired) electrons. The molecule has 0 unspecified atom stereocenters. The van der Waals surface area contributed by atoms with Crippen molar-refractivity contribution in [3.63, 3.8) is 0 Å². The molecule has 0 bridgehead atoms. The predicted molar refractivity (Wildman–Crippen MR) is 64.4 cm³/mol. The summed E-state index contributed by atoms with van der Waals surface area (Å²) in [4.78, 5) is 0. The molecule has 0 saturated heterocycles. The predicted octanol–water partition coefficient (Wildman–Crippen LogP) is 2.16. The van der Waals surface area contributed by atoms with Gasteiger partial charge in [-0.05, 0) is 30.7 Å². The van der Waals surface area contributed by atoms with E-state index in [2.05, 4.69) is 0 Å². The molecule has 78 valence electrons. The summed E-state index contributed by atoms with van der Waals surface area (Å²) >= 11 is 0. The van der Waals surface area contributed by atoms with Crippen molar-refractivity contribution in [2.24, 2.45) is 7.05 Å². The van der Waals surface area contributed by atoms with E-state index in [4.69, 9.17) is 11.5 Å². The van der Waals surface area contributed by atoms with Gasteiger partial charge in [0.2, 0.25) is 0 Å². The number of nitrogens with zero attached hydrogens (tertiary/aromatic N) is 1. The summed E-state index contributed by atoms with van der Waals surface area (Å²) in [5.41, 5.74) is 16.5. The summed E-state index contributed by atoms with van der Waals surface area (Å²) in [5.74, 6) is 0. The lowest BCUT2D eigenvalue weighted by Gasteiger charge is -2.08. The fourth-order valence-electron chi connectivity index (χ4n) is 1.73. The second kappa shape index (κ2) is 3.35. The van der Waals surface area contributed by atoms with Crippen LogP contribution < -0.4 is 11.5 Å². The Bertz CT molecular complexity index is 498. The average molecular weight is 201 g/mol. The Morgan fingerprint density at radius 1 is 1.20 bits per heavy atom. The van der Waals surface area contributed by atoms with Crippen molar-refractivity contribution in [2.45, 2.75) is 6.92 Å². The van der Waals surface area contributed by atoms with Crippen molar-refractivity contribution in [3.8, 4) is 11.1 Å². The molecule has 4 N–H and O–H groups in total. The first-order valence-corrected chi connectivity index (χ1v) is 4.86. The maximum absolute atomic E-state index is 6.03. The Labute approximate surface area is 89.3 Å². The molecule has 0 spiro atoms. The Kier molecular flexibility index (Phi) is 2.15. The number of rotatable bonds is 1. The van der Waals surface area contributed by atoms with Crippen LogP contribution in [0, 0.1) is 6.92 Å². The maximum Gasteiger partial charge on any atom is 0.0425 e. The van der Waals surface area contributed by atoms with E-state index in [-0.39, 0.29) is 0 Å². The number of nitrogens with two attached hydrogens (primary N) is 2. The van der Waals surface area contributed by atoms with Crippen LogP contribution in [0.2, 0.25) is 0 Å². The van der Waals surface area contributed by atoms with Gasteiger partial charge in [0.1, 0.15) is 0 Å². The van der Waals surface area contributed by atoms with Crippen molar-refractivity contribution in [1.82, 2.24) is 4.57 Å². The molecule has 0 amide bonds. The van der Waals surface area contributed by atoms with Crippen LogP contribution in [0.25, 0.3) is 11.1 Å². The summed E-state index contributed by atoms with van der Waals surface area (Å²) in [5, 5.41) is 0. The van der Waals surface area contributed by atoms with E-state index >= 15 is 0 Å². The number of benzene rings is 1. The minimum Gasteiger partial charge on any atom is -0.399 e. The molecule has 1 heterocycles. The van der Waals surface area contributed by atoms with E-state index < -0.39 is 0 Å². The lowest BCUT2D eigenvalue weighted by atomic mass is 10.0. The zero-order valence-electron chi connectivity index (χ0n) is 8.99. The number of aryl methyl sites for hydroxylation is 2. The first-order chi connectivity index (χ1) is 7.08. The first kappa shape index (κ1) is 9.65. The minimum atomic E-state index is 0.751. The van der Waals surface area contributed by atoms with Gasteiger partial charge in [0, 0.05) is 41.9 Å². The molecule has 3 nitrogen and oxygen atoms in total. The van der Waals surface area contributed by atoms with Gasteiger partial charge in [-0.1, -0.05) is 0 Å². The van der Waals surface area contributed by atoms with Crippen molar-refractivity contribution in [2.75, 3.05) is 11.5 Å². The van der Waals surface area contributed by atoms with E-state index in [9.17, 15) is 0 Å². The number of aromatic nitrogens is 1. The van der Waals surface area contributed by atoms with Crippen molar-refractivity contribution in [1.29, 1.82) is 0 Å². The molecule has 3 heteroatoms. The maximum atomic E-state index is 6.03. The summed E-state index contributed by atoms with van der Waals surface area (Å²) in [6.07, 6.45) is 4.03. The van der Waals surface area contributed by atoms with Crippen LogP contribution in [0.5, 0.6) is 0 Å². The summed E-state index contributed by atoms with van der Waals surface area (Å²) in [6.45, 7) is 1.97. The minimum absolute atomic E-state index is 0.751. The summed E-state index contributed by atoms with van der Waals surface area (Å²) in [7, 11) is 1.98. The summed E-state index contributed by atoms with van der Waals surface area (Å²) in [6, 6.07) is 5.84. The Hall–Kier alpha value is -1.90. The van der Waals surface area contributed by atoms with Gasteiger partial charge in [-0.25, -0.2) is 0 Å². The zero-order chi connectivity index (χ0) is 11.0. The molecule has 0 aliphatic heterocycles. The number of anilines is 2. The van der Waals surface area contributed by atoms with Crippen LogP contribution >= 0.6 is 0 Å². The third-order valence-corrected chi connectivity index (χ3v) is 2.55. The third-order valence-electron chi connectivity index (χ3n) is 2.55. The number of hydrogen-bond donors (Lipinski definition) is 2. The van der Waals surface area contributed by atoms with Gasteiger partial charge < -0.3 is 16.0 Å². The quantitative estimate of drug-likeness (QED) is 0.695. The van der Waals surface area contributed by atoms with Crippen LogP contribution in [0.1, 0.15) is 5.56 Å². The highest BCUT2D eigenvalue weighted by Gasteiger charge is 2.07. The van der Waals surface area contributed by atoms with Gasteiger partial charge in [-0.3, -0.25) is 0 Å².